The number of aromatic nitrogens is 1. The zero-order valence-electron chi connectivity index (χ0n) is 9.07. The third kappa shape index (κ3) is 2.74. The van der Waals surface area contributed by atoms with Crippen molar-refractivity contribution in [1.82, 2.24) is 4.98 Å². The quantitative estimate of drug-likeness (QED) is 0.897. The Bertz CT molecular complexity index is 540. The van der Waals surface area contributed by atoms with Crippen LogP contribution in [-0.4, -0.2) is 17.4 Å². The minimum absolute atomic E-state index is 0.0853. The summed E-state index contributed by atoms with van der Waals surface area (Å²) in [5.41, 5.74) is 8.42. The van der Waals surface area contributed by atoms with Gasteiger partial charge in [0.05, 0.1) is 20.9 Å². The molecule has 4 nitrogen and oxygen atoms in total. The van der Waals surface area contributed by atoms with Gasteiger partial charge in [-0.05, 0) is 25.1 Å². The summed E-state index contributed by atoms with van der Waals surface area (Å²) in [5.74, 6) is -0.0853. The maximum atomic E-state index is 11.6. The number of rotatable bonds is 4. The van der Waals surface area contributed by atoms with Gasteiger partial charge in [-0.2, -0.15) is 0 Å². The third-order valence-corrected chi connectivity index (χ3v) is 3.43. The molecule has 0 aliphatic carbocycles. The van der Waals surface area contributed by atoms with Crippen LogP contribution in [0, 0.1) is 0 Å². The van der Waals surface area contributed by atoms with Crippen LogP contribution in [0.5, 0.6) is 0 Å². The number of thiazole rings is 1. The first-order valence-electron chi connectivity index (χ1n) is 5.24. The van der Waals surface area contributed by atoms with Gasteiger partial charge in [-0.25, -0.2) is 4.98 Å². The summed E-state index contributed by atoms with van der Waals surface area (Å²) in [6, 6.07) is 3.66. The number of nitrogens with one attached hydrogen (secondary N) is 1. The molecule has 1 heterocycles. The second-order valence-corrected chi connectivity index (χ2v) is 4.86. The predicted octanol–water partition coefficient (Wildman–Crippen LogP) is 2.63. The number of hydrogen-bond donors (Lipinski definition) is 2. The van der Waals surface area contributed by atoms with Crippen LogP contribution in [0.4, 0.5) is 5.69 Å². The predicted molar refractivity (Wildman–Crippen MR) is 71.5 cm³/mol. The van der Waals surface area contributed by atoms with Crippen molar-refractivity contribution in [2.75, 3.05) is 11.9 Å². The zero-order valence-corrected chi connectivity index (χ0v) is 10.6. The van der Waals surface area contributed by atoms with E-state index in [1.165, 1.54) is 11.3 Å². The number of fused-ring (bicyclic) bond motifs is 1. The Kier molecular flexibility index (Phi) is 3.93. The Balaban J connectivity index is 2.25. The first-order chi connectivity index (χ1) is 8.22. The van der Waals surface area contributed by atoms with E-state index >= 15 is 0 Å². The third-order valence-electron chi connectivity index (χ3n) is 2.32. The lowest BCUT2D eigenvalue weighted by molar-refractivity contribution is -0.116. The topological polar surface area (TPSA) is 68.0 Å². The molecule has 2 aromatic rings. The lowest BCUT2D eigenvalue weighted by atomic mass is 10.2. The van der Waals surface area contributed by atoms with Gasteiger partial charge in [0.1, 0.15) is 5.52 Å². The Morgan fingerprint density at radius 3 is 3.12 bits per heavy atom. The molecule has 0 aliphatic heterocycles. The van der Waals surface area contributed by atoms with Crippen molar-refractivity contribution in [3.8, 4) is 0 Å². The molecule has 0 atom stereocenters. The van der Waals surface area contributed by atoms with Crippen LogP contribution in [0.2, 0.25) is 5.02 Å². The van der Waals surface area contributed by atoms with E-state index in [0.29, 0.717) is 30.1 Å². The number of nitrogens with zero attached hydrogens (tertiary/aromatic N) is 1. The highest BCUT2D eigenvalue weighted by atomic mass is 35.5. The maximum absolute atomic E-state index is 11.6. The summed E-state index contributed by atoms with van der Waals surface area (Å²) in [5, 5.41) is 3.30. The number of amides is 1. The molecule has 1 aromatic carbocycles. The summed E-state index contributed by atoms with van der Waals surface area (Å²) in [4.78, 5) is 15.8. The summed E-state index contributed by atoms with van der Waals surface area (Å²) < 4.78 is 1.00. The van der Waals surface area contributed by atoms with Crippen LogP contribution in [0.25, 0.3) is 10.2 Å². The average Bonchev–Trinajstić information content (AvgIpc) is 2.78. The average molecular weight is 270 g/mol. The number of nitrogens with two attached hydrogens (primary N) is 1. The van der Waals surface area contributed by atoms with E-state index in [2.05, 4.69) is 10.3 Å². The van der Waals surface area contributed by atoms with E-state index in [1.54, 1.807) is 11.6 Å². The highest BCUT2D eigenvalue weighted by Gasteiger charge is 2.11. The Morgan fingerprint density at radius 2 is 2.35 bits per heavy atom. The van der Waals surface area contributed by atoms with Crippen molar-refractivity contribution in [3.63, 3.8) is 0 Å². The molecule has 0 bridgehead atoms. The molecule has 0 fully saturated rings. The maximum Gasteiger partial charge on any atom is 0.224 e. The molecule has 0 spiro atoms. The second kappa shape index (κ2) is 5.44. The van der Waals surface area contributed by atoms with Crippen molar-refractivity contribution in [2.24, 2.45) is 5.73 Å². The van der Waals surface area contributed by atoms with Crippen molar-refractivity contribution >= 4 is 44.7 Å². The lowest BCUT2D eigenvalue weighted by Gasteiger charge is -2.07. The molecule has 1 amide bonds. The van der Waals surface area contributed by atoms with E-state index < -0.39 is 0 Å². The molecule has 6 heteroatoms. The van der Waals surface area contributed by atoms with Gasteiger partial charge in [0, 0.05) is 6.42 Å². The Morgan fingerprint density at radius 1 is 1.53 bits per heavy atom. The summed E-state index contributed by atoms with van der Waals surface area (Å²) in [6.07, 6.45) is 1.06. The zero-order chi connectivity index (χ0) is 12.3. The molecule has 1 aromatic heterocycles. The van der Waals surface area contributed by atoms with Crippen molar-refractivity contribution in [3.05, 3.63) is 22.7 Å². The fourth-order valence-corrected chi connectivity index (χ4v) is 2.37. The van der Waals surface area contributed by atoms with Crippen LogP contribution < -0.4 is 11.1 Å². The molecular formula is C11H12ClN3OS. The molecule has 0 unspecified atom stereocenters. The molecule has 2 rings (SSSR count). The highest BCUT2D eigenvalue weighted by molar-refractivity contribution is 7.16. The van der Waals surface area contributed by atoms with Gasteiger partial charge in [0.25, 0.3) is 0 Å². The summed E-state index contributed by atoms with van der Waals surface area (Å²) >= 11 is 7.58. The Hall–Kier alpha value is -1.17. The summed E-state index contributed by atoms with van der Waals surface area (Å²) in [7, 11) is 0. The minimum Gasteiger partial charge on any atom is -0.330 e. The molecule has 0 radical (unpaired) electrons. The molecule has 3 N–H and O–H groups in total. The van der Waals surface area contributed by atoms with E-state index in [0.717, 1.165) is 10.2 Å². The number of benzene rings is 1. The largest absolute Gasteiger partial charge is 0.330 e. The number of anilines is 1. The molecule has 90 valence electrons. The van der Waals surface area contributed by atoms with Gasteiger partial charge in [-0.3, -0.25) is 4.79 Å². The van der Waals surface area contributed by atoms with Gasteiger partial charge in [0.15, 0.2) is 0 Å². The van der Waals surface area contributed by atoms with Crippen LogP contribution in [0.1, 0.15) is 12.8 Å². The standard InChI is InChI=1S/C11H12ClN3OS/c12-7-3-4-8-11(14-6-17-8)10(7)15-9(16)2-1-5-13/h3-4,6H,1-2,5,13H2,(H,15,16). The SMILES string of the molecule is NCCCC(=O)Nc1c(Cl)ccc2scnc12. The second-order valence-electron chi connectivity index (χ2n) is 3.56. The van der Waals surface area contributed by atoms with Crippen LogP contribution in [-0.2, 0) is 4.79 Å². The first kappa shape index (κ1) is 12.3. The van der Waals surface area contributed by atoms with Crippen molar-refractivity contribution in [1.29, 1.82) is 0 Å². The Labute approximate surface area is 108 Å². The van der Waals surface area contributed by atoms with Gasteiger partial charge in [0.2, 0.25) is 5.91 Å². The fourth-order valence-electron chi connectivity index (χ4n) is 1.49. The van der Waals surface area contributed by atoms with Gasteiger partial charge in [-0.15, -0.1) is 11.3 Å². The number of hydrogen-bond acceptors (Lipinski definition) is 4. The van der Waals surface area contributed by atoms with Crippen molar-refractivity contribution in [2.45, 2.75) is 12.8 Å². The van der Waals surface area contributed by atoms with E-state index in [4.69, 9.17) is 17.3 Å². The molecule has 0 aliphatic rings. The number of carbonyl (C=O) groups is 1. The minimum atomic E-state index is -0.0853. The van der Waals surface area contributed by atoms with Crippen LogP contribution in [0.15, 0.2) is 17.6 Å². The van der Waals surface area contributed by atoms with Crippen molar-refractivity contribution < 1.29 is 4.79 Å². The summed E-state index contributed by atoms with van der Waals surface area (Å²) in [6.45, 7) is 0.502. The van der Waals surface area contributed by atoms with Gasteiger partial charge < -0.3 is 11.1 Å². The lowest BCUT2D eigenvalue weighted by Crippen LogP contribution is -2.14. The fraction of sp³-hybridized carbons (Fsp3) is 0.273. The van der Waals surface area contributed by atoms with E-state index in [1.807, 2.05) is 6.07 Å². The molecular weight excluding hydrogens is 258 g/mol. The van der Waals surface area contributed by atoms with Crippen LogP contribution >= 0.6 is 22.9 Å². The number of halogens is 1. The van der Waals surface area contributed by atoms with Gasteiger partial charge in [-0.1, -0.05) is 11.6 Å². The highest BCUT2D eigenvalue weighted by Crippen LogP contribution is 2.32. The van der Waals surface area contributed by atoms with Gasteiger partial charge >= 0.3 is 0 Å². The number of carbonyl (C=O) groups excluding carboxylic acids is 1. The van der Waals surface area contributed by atoms with E-state index in [-0.39, 0.29) is 5.91 Å². The molecule has 17 heavy (non-hydrogen) atoms. The van der Waals surface area contributed by atoms with E-state index in [9.17, 15) is 4.79 Å². The monoisotopic (exact) mass is 269 g/mol. The molecule has 0 saturated carbocycles. The molecule has 0 saturated heterocycles. The van der Waals surface area contributed by atoms with Crippen LogP contribution in [0.3, 0.4) is 0 Å². The normalized spacial score (nSPS) is 10.7. The first-order valence-corrected chi connectivity index (χ1v) is 6.49. The smallest absolute Gasteiger partial charge is 0.224 e.